The highest BCUT2D eigenvalue weighted by molar-refractivity contribution is 8.00. The number of benzene rings is 1. The van der Waals surface area contributed by atoms with Gasteiger partial charge in [-0.25, -0.2) is 0 Å². The number of phenolic OH excluding ortho intramolecular Hbond substituents is 2. The van der Waals surface area contributed by atoms with Crippen molar-refractivity contribution in [3.63, 3.8) is 0 Å². The summed E-state index contributed by atoms with van der Waals surface area (Å²) in [6, 6.07) is 7.97. The number of aldehydes is 1. The summed E-state index contributed by atoms with van der Waals surface area (Å²) in [5.74, 6) is 0.106. The van der Waals surface area contributed by atoms with E-state index in [9.17, 15) is 15.0 Å². The van der Waals surface area contributed by atoms with Gasteiger partial charge < -0.3 is 15.0 Å². The van der Waals surface area contributed by atoms with Crippen LogP contribution in [-0.2, 0) is 11.3 Å². The third-order valence-electron chi connectivity index (χ3n) is 3.63. The molecule has 3 rings (SSSR count). The molecular weight excluding hydrogens is 352 g/mol. The van der Waals surface area contributed by atoms with Crippen LogP contribution >= 0.6 is 11.8 Å². The molecule has 2 N–H and O–H groups in total. The minimum Gasteiger partial charge on any atom is -0.504 e. The lowest BCUT2D eigenvalue weighted by atomic mass is 10.1. The molecule has 0 aliphatic carbocycles. The summed E-state index contributed by atoms with van der Waals surface area (Å²) in [6.45, 7) is 4.22. The molecule has 0 fully saturated rings. The van der Waals surface area contributed by atoms with E-state index in [0.717, 1.165) is 11.8 Å². The van der Waals surface area contributed by atoms with Gasteiger partial charge in [0.05, 0.1) is 5.25 Å². The Labute approximate surface area is 154 Å². The minimum absolute atomic E-state index is 0.239. The van der Waals surface area contributed by atoms with Crippen LogP contribution in [0.15, 0.2) is 60.5 Å². The van der Waals surface area contributed by atoms with Crippen molar-refractivity contribution >= 4 is 18.0 Å². The van der Waals surface area contributed by atoms with Crippen molar-refractivity contribution in [1.29, 1.82) is 0 Å². The quantitative estimate of drug-likeness (QED) is 0.286. The monoisotopic (exact) mass is 368 g/mol. The van der Waals surface area contributed by atoms with Crippen LogP contribution in [0.1, 0.15) is 10.8 Å². The largest absolute Gasteiger partial charge is 0.504 e. The molecule has 0 spiro atoms. The number of thioether (sulfide) groups is 1. The molecule has 2 heterocycles. The molecule has 0 amide bonds. The Hall–Kier alpha value is -3.13. The fourth-order valence-electron chi connectivity index (χ4n) is 2.38. The number of allylic oxidation sites excluding steroid dienone is 1. The summed E-state index contributed by atoms with van der Waals surface area (Å²) in [5, 5.41) is 27.4. The van der Waals surface area contributed by atoms with E-state index in [1.54, 1.807) is 24.5 Å². The van der Waals surface area contributed by atoms with Gasteiger partial charge in [-0.1, -0.05) is 23.9 Å². The Morgan fingerprint density at radius 1 is 1.23 bits per heavy atom. The highest BCUT2D eigenvalue weighted by Crippen LogP contribution is 2.37. The molecule has 1 aromatic carbocycles. The van der Waals surface area contributed by atoms with Crippen molar-refractivity contribution in [3.8, 4) is 22.9 Å². The van der Waals surface area contributed by atoms with E-state index in [-0.39, 0.29) is 11.5 Å². The number of carbonyl (C=O) groups excluding carboxylic acids is 1. The second kappa shape index (κ2) is 7.83. The van der Waals surface area contributed by atoms with Crippen molar-refractivity contribution in [3.05, 3.63) is 60.9 Å². The normalized spacial score (nSPS) is 11.8. The average molecular weight is 368 g/mol. The Bertz CT molecular complexity index is 927. The predicted molar refractivity (Wildman–Crippen MR) is 97.9 cm³/mol. The van der Waals surface area contributed by atoms with Gasteiger partial charge in [-0.15, -0.1) is 16.8 Å². The van der Waals surface area contributed by atoms with E-state index in [4.69, 9.17) is 0 Å². The van der Waals surface area contributed by atoms with Gasteiger partial charge in [0.25, 0.3) is 0 Å². The van der Waals surface area contributed by atoms with Gasteiger partial charge in [-0.3, -0.25) is 9.55 Å². The second-order valence-electron chi connectivity index (χ2n) is 5.37. The first kappa shape index (κ1) is 17.7. The van der Waals surface area contributed by atoms with Crippen LogP contribution in [0.5, 0.6) is 11.5 Å². The molecule has 0 aliphatic heterocycles. The van der Waals surface area contributed by atoms with Gasteiger partial charge in [0.15, 0.2) is 22.5 Å². The molecule has 8 heteroatoms. The number of phenols is 2. The van der Waals surface area contributed by atoms with Crippen molar-refractivity contribution in [1.82, 2.24) is 19.7 Å². The van der Waals surface area contributed by atoms with Crippen LogP contribution in [0, 0.1) is 0 Å². The topological polar surface area (TPSA) is 101 Å². The molecule has 132 valence electrons. The molecule has 3 aromatic rings. The first-order chi connectivity index (χ1) is 12.6. The molecule has 0 aliphatic rings. The smallest absolute Gasteiger partial charge is 0.192 e. The van der Waals surface area contributed by atoms with Gasteiger partial charge in [-0.05, 0) is 29.8 Å². The number of hydrogen-bond donors (Lipinski definition) is 2. The Morgan fingerprint density at radius 2 is 2.08 bits per heavy atom. The first-order valence-corrected chi connectivity index (χ1v) is 8.60. The molecular formula is C18H16N4O3S. The van der Waals surface area contributed by atoms with Crippen molar-refractivity contribution in [2.24, 2.45) is 0 Å². The average Bonchev–Trinajstić information content (AvgIpc) is 3.05. The van der Waals surface area contributed by atoms with Crippen molar-refractivity contribution in [2.75, 3.05) is 0 Å². The van der Waals surface area contributed by atoms with E-state index in [1.807, 2.05) is 16.7 Å². The highest BCUT2D eigenvalue weighted by atomic mass is 32.2. The van der Waals surface area contributed by atoms with Crippen LogP contribution in [0.4, 0.5) is 0 Å². The first-order valence-electron chi connectivity index (χ1n) is 7.72. The zero-order chi connectivity index (χ0) is 18.5. The summed E-state index contributed by atoms with van der Waals surface area (Å²) in [6.07, 6.45) is 5.84. The number of nitrogens with zero attached hydrogens (tertiary/aromatic N) is 4. The molecule has 0 radical (unpaired) electrons. The van der Waals surface area contributed by atoms with Gasteiger partial charge in [-0.2, -0.15) is 0 Å². The maximum absolute atomic E-state index is 11.6. The molecule has 7 nitrogen and oxygen atoms in total. The Balaban J connectivity index is 1.95. The summed E-state index contributed by atoms with van der Waals surface area (Å²) in [4.78, 5) is 15.7. The SMILES string of the molecule is C=CCn1c(SC(C=O)c2ccc(O)c(O)c2)nnc1-c1cccnc1. The molecule has 0 bridgehead atoms. The number of carbonyl (C=O) groups is 1. The number of pyridine rings is 1. The number of aromatic nitrogens is 4. The van der Waals surface area contributed by atoms with E-state index >= 15 is 0 Å². The van der Waals surface area contributed by atoms with Crippen LogP contribution < -0.4 is 0 Å². The molecule has 1 unspecified atom stereocenters. The summed E-state index contributed by atoms with van der Waals surface area (Å²) in [7, 11) is 0. The van der Waals surface area contributed by atoms with Crippen LogP contribution in [-0.4, -0.2) is 36.2 Å². The molecule has 0 saturated carbocycles. The maximum Gasteiger partial charge on any atom is 0.192 e. The molecule has 2 aromatic heterocycles. The fourth-order valence-corrected chi connectivity index (χ4v) is 3.33. The lowest BCUT2D eigenvalue weighted by molar-refractivity contribution is -0.107. The molecule has 0 saturated heterocycles. The maximum atomic E-state index is 11.6. The molecule has 1 atom stereocenters. The minimum atomic E-state index is -0.615. The van der Waals surface area contributed by atoms with Crippen LogP contribution in [0.2, 0.25) is 0 Å². The lowest BCUT2D eigenvalue weighted by Gasteiger charge is -2.12. The van der Waals surface area contributed by atoms with Crippen LogP contribution in [0.25, 0.3) is 11.4 Å². The highest BCUT2D eigenvalue weighted by Gasteiger charge is 2.20. The zero-order valence-electron chi connectivity index (χ0n) is 13.7. The summed E-state index contributed by atoms with van der Waals surface area (Å²) in [5.41, 5.74) is 1.36. The van der Waals surface area contributed by atoms with E-state index in [2.05, 4.69) is 21.8 Å². The van der Waals surface area contributed by atoms with Crippen LogP contribution in [0.3, 0.4) is 0 Å². The second-order valence-corrected chi connectivity index (χ2v) is 6.48. The van der Waals surface area contributed by atoms with E-state index < -0.39 is 5.25 Å². The number of rotatable bonds is 7. The molecule has 26 heavy (non-hydrogen) atoms. The number of hydrogen-bond acceptors (Lipinski definition) is 7. The summed E-state index contributed by atoms with van der Waals surface area (Å²) >= 11 is 1.20. The fraction of sp³-hybridized carbons (Fsp3) is 0.111. The van der Waals surface area contributed by atoms with Crippen molar-refractivity contribution in [2.45, 2.75) is 17.0 Å². The van der Waals surface area contributed by atoms with Gasteiger partial charge in [0.2, 0.25) is 0 Å². The van der Waals surface area contributed by atoms with Gasteiger partial charge in [0.1, 0.15) is 6.29 Å². The zero-order valence-corrected chi connectivity index (χ0v) is 14.5. The van der Waals surface area contributed by atoms with Gasteiger partial charge >= 0.3 is 0 Å². The third-order valence-corrected chi connectivity index (χ3v) is 4.78. The van der Waals surface area contributed by atoms with Crippen molar-refractivity contribution < 1.29 is 15.0 Å². The number of aromatic hydroxyl groups is 2. The van der Waals surface area contributed by atoms with Gasteiger partial charge in [0, 0.05) is 24.5 Å². The summed E-state index contributed by atoms with van der Waals surface area (Å²) < 4.78 is 1.84. The standard InChI is InChI=1S/C18H16N4O3S/c1-2-8-22-17(13-4-3-7-19-10-13)20-21-18(22)26-16(11-23)12-5-6-14(24)15(25)9-12/h2-7,9-11,16,24-25H,1,8H2. The Kier molecular flexibility index (Phi) is 5.33. The Morgan fingerprint density at radius 3 is 2.73 bits per heavy atom. The lowest BCUT2D eigenvalue weighted by Crippen LogP contribution is -2.03. The third kappa shape index (κ3) is 3.60. The predicted octanol–water partition coefficient (Wildman–Crippen LogP) is 2.97. The van der Waals surface area contributed by atoms with E-state index in [1.165, 1.54) is 23.9 Å². The van der Waals surface area contributed by atoms with E-state index in [0.29, 0.717) is 23.1 Å².